The molecule has 1 atom stereocenters. The minimum Gasteiger partial charge on any atom is -0.326 e. The third-order valence-electron chi connectivity index (χ3n) is 4.89. The highest BCUT2D eigenvalue weighted by Crippen LogP contribution is 2.28. The number of nitrogens with zero attached hydrogens (tertiary/aromatic N) is 1. The molecule has 1 heterocycles. The van der Waals surface area contributed by atoms with Crippen LogP contribution in [0.4, 0.5) is 5.69 Å². The van der Waals surface area contributed by atoms with Crippen molar-refractivity contribution >= 4 is 33.2 Å². The van der Waals surface area contributed by atoms with Gasteiger partial charge in [0.2, 0.25) is 15.9 Å². The Kier molecular flexibility index (Phi) is 6.19. The van der Waals surface area contributed by atoms with E-state index >= 15 is 0 Å². The summed E-state index contributed by atoms with van der Waals surface area (Å²) in [7, 11) is -3.61. The van der Waals surface area contributed by atoms with Gasteiger partial charge < -0.3 is 5.32 Å². The van der Waals surface area contributed by atoms with Gasteiger partial charge in [-0.1, -0.05) is 42.3 Å². The summed E-state index contributed by atoms with van der Waals surface area (Å²) in [4.78, 5) is 12.8. The fourth-order valence-corrected chi connectivity index (χ4v) is 5.27. The molecule has 1 aliphatic rings. The Morgan fingerprint density at radius 1 is 1.15 bits per heavy atom. The SMILES string of the molecule is Cc1c(Cl)cccc1NC(=O)C[C@H]1CCCCN1S(=O)(=O)c1ccccc1. The number of piperidine rings is 1. The van der Waals surface area contributed by atoms with Crippen LogP contribution in [0.25, 0.3) is 0 Å². The molecule has 0 radical (unpaired) electrons. The molecule has 2 aromatic carbocycles. The Morgan fingerprint density at radius 2 is 1.89 bits per heavy atom. The van der Waals surface area contributed by atoms with Crippen LogP contribution in [0.1, 0.15) is 31.2 Å². The number of nitrogens with one attached hydrogen (secondary N) is 1. The van der Waals surface area contributed by atoms with Crippen molar-refractivity contribution in [3.8, 4) is 0 Å². The van der Waals surface area contributed by atoms with Crippen LogP contribution in [-0.4, -0.2) is 31.2 Å². The van der Waals surface area contributed by atoms with E-state index in [1.54, 1.807) is 48.5 Å². The van der Waals surface area contributed by atoms with E-state index in [2.05, 4.69) is 5.32 Å². The van der Waals surface area contributed by atoms with Crippen LogP contribution in [0.2, 0.25) is 5.02 Å². The number of hydrogen-bond donors (Lipinski definition) is 1. The highest BCUT2D eigenvalue weighted by molar-refractivity contribution is 7.89. The van der Waals surface area contributed by atoms with Gasteiger partial charge >= 0.3 is 0 Å². The van der Waals surface area contributed by atoms with E-state index in [0.29, 0.717) is 23.7 Å². The van der Waals surface area contributed by atoms with Crippen LogP contribution in [0.5, 0.6) is 0 Å². The van der Waals surface area contributed by atoms with E-state index in [9.17, 15) is 13.2 Å². The second-order valence-corrected chi connectivity index (χ2v) is 9.04. The molecule has 1 saturated heterocycles. The van der Waals surface area contributed by atoms with Crippen molar-refractivity contribution in [1.29, 1.82) is 0 Å². The molecule has 1 aliphatic heterocycles. The molecule has 0 aromatic heterocycles. The Hall–Kier alpha value is -1.89. The first kappa shape index (κ1) is 19.9. The molecule has 7 heteroatoms. The van der Waals surface area contributed by atoms with Crippen molar-refractivity contribution in [3.05, 3.63) is 59.1 Å². The van der Waals surface area contributed by atoms with E-state index in [4.69, 9.17) is 11.6 Å². The average Bonchev–Trinajstić information content (AvgIpc) is 2.66. The van der Waals surface area contributed by atoms with E-state index in [0.717, 1.165) is 18.4 Å². The number of sulfonamides is 1. The zero-order chi connectivity index (χ0) is 19.4. The Balaban J connectivity index is 1.76. The van der Waals surface area contributed by atoms with E-state index in [1.165, 1.54) is 4.31 Å². The Bertz CT molecular complexity index is 916. The van der Waals surface area contributed by atoms with Gasteiger partial charge in [-0.15, -0.1) is 0 Å². The van der Waals surface area contributed by atoms with Gasteiger partial charge in [-0.2, -0.15) is 4.31 Å². The van der Waals surface area contributed by atoms with Gasteiger partial charge in [-0.25, -0.2) is 8.42 Å². The zero-order valence-electron chi connectivity index (χ0n) is 15.2. The van der Waals surface area contributed by atoms with Gasteiger partial charge in [0, 0.05) is 29.7 Å². The quantitative estimate of drug-likeness (QED) is 0.808. The van der Waals surface area contributed by atoms with Crippen molar-refractivity contribution in [2.24, 2.45) is 0 Å². The van der Waals surface area contributed by atoms with Crippen molar-refractivity contribution in [1.82, 2.24) is 4.31 Å². The first-order chi connectivity index (χ1) is 12.9. The molecular weight excluding hydrogens is 384 g/mol. The predicted molar refractivity (Wildman–Crippen MR) is 107 cm³/mol. The number of hydrogen-bond acceptors (Lipinski definition) is 3. The average molecular weight is 407 g/mol. The molecule has 1 amide bonds. The second-order valence-electron chi connectivity index (χ2n) is 6.74. The molecule has 0 unspecified atom stereocenters. The van der Waals surface area contributed by atoms with Crippen LogP contribution in [0, 0.1) is 6.92 Å². The van der Waals surface area contributed by atoms with Crippen molar-refractivity contribution in [2.45, 2.75) is 43.5 Å². The fourth-order valence-electron chi connectivity index (χ4n) is 3.38. The van der Waals surface area contributed by atoms with E-state index < -0.39 is 10.0 Å². The maximum absolute atomic E-state index is 13.0. The summed E-state index contributed by atoms with van der Waals surface area (Å²) < 4.78 is 27.5. The van der Waals surface area contributed by atoms with Gasteiger partial charge in [-0.3, -0.25) is 4.79 Å². The zero-order valence-corrected chi connectivity index (χ0v) is 16.8. The summed E-state index contributed by atoms with van der Waals surface area (Å²) in [6.07, 6.45) is 2.51. The molecule has 5 nitrogen and oxygen atoms in total. The maximum Gasteiger partial charge on any atom is 0.243 e. The summed E-state index contributed by atoms with van der Waals surface area (Å²) in [5.41, 5.74) is 1.45. The standard InChI is InChI=1S/C20H23ClN2O3S/c1-15-18(21)11-7-12-19(15)22-20(24)14-16-8-5-6-13-23(16)27(25,26)17-9-3-2-4-10-17/h2-4,7,9-12,16H,5-6,8,13-14H2,1H3,(H,22,24)/t16-/m1/s1. The molecule has 3 rings (SSSR count). The van der Waals surface area contributed by atoms with Gasteiger partial charge in [0.25, 0.3) is 0 Å². The molecule has 0 aliphatic carbocycles. The van der Waals surface area contributed by atoms with Crippen LogP contribution >= 0.6 is 11.6 Å². The third kappa shape index (κ3) is 4.51. The lowest BCUT2D eigenvalue weighted by molar-refractivity contribution is -0.117. The molecule has 1 N–H and O–H groups in total. The van der Waals surface area contributed by atoms with Gasteiger partial charge in [0.1, 0.15) is 0 Å². The van der Waals surface area contributed by atoms with Crippen molar-refractivity contribution < 1.29 is 13.2 Å². The summed E-state index contributed by atoms with van der Waals surface area (Å²) >= 11 is 6.10. The summed E-state index contributed by atoms with van der Waals surface area (Å²) in [6.45, 7) is 2.27. The predicted octanol–water partition coefficient (Wildman–Crippen LogP) is 4.22. The van der Waals surface area contributed by atoms with Gasteiger partial charge in [0.05, 0.1) is 4.90 Å². The van der Waals surface area contributed by atoms with Gasteiger partial charge in [0.15, 0.2) is 0 Å². The summed E-state index contributed by atoms with van der Waals surface area (Å²) in [5, 5.41) is 3.45. The topological polar surface area (TPSA) is 66.5 Å². The van der Waals surface area contributed by atoms with Crippen LogP contribution in [0.3, 0.4) is 0 Å². The molecule has 0 spiro atoms. The van der Waals surface area contributed by atoms with Crippen molar-refractivity contribution in [2.75, 3.05) is 11.9 Å². The molecule has 0 bridgehead atoms. The highest BCUT2D eigenvalue weighted by Gasteiger charge is 2.34. The number of carbonyl (C=O) groups excluding carboxylic acids is 1. The Morgan fingerprint density at radius 3 is 2.63 bits per heavy atom. The first-order valence-electron chi connectivity index (χ1n) is 9.01. The second kappa shape index (κ2) is 8.42. The maximum atomic E-state index is 13.0. The largest absolute Gasteiger partial charge is 0.326 e. The third-order valence-corrected chi connectivity index (χ3v) is 7.26. The molecule has 27 heavy (non-hydrogen) atoms. The van der Waals surface area contributed by atoms with Crippen LogP contribution in [-0.2, 0) is 14.8 Å². The molecule has 0 saturated carbocycles. The van der Waals surface area contributed by atoms with Crippen molar-refractivity contribution in [3.63, 3.8) is 0 Å². The minimum absolute atomic E-state index is 0.123. The van der Waals surface area contributed by atoms with Crippen LogP contribution < -0.4 is 5.32 Å². The number of halogens is 1. The lowest BCUT2D eigenvalue weighted by Gasteiger charge is -2.34. The summed E-state index contributed by atoms with van der Waals surface area (Å²) in [6, 6.07) is 13.4. The highest BCUT2D eigenvalue weighted by atomic mass is 35.5. The van der Waals surface area contributed by atoms with Gasteiger partial charge in [-0.05, 0) is 49.6 Å². The molecule has 1 fully saturated rings. The first-order valence-corrected chi connectivity index (χ1v) is 10.8. The number of amides is 1. The lowest BCUT2D eigenvalue weighted by atomic mass is 10.0. The van der Waals surface area contributed by atoms with Crippen LogP contribution in [0.15, 0.2) is 53.4 Å². The normalized spacial score (nSPS) is 18.2. The number of benzene rings is 2. The van der Waals surface area contributed by atoms with E-state index in [1.807, 2.05) is 6.92 Å². The van der Waals surface area contributed by atoms with E-state index in [-0.39, 0.29) is 23.3 Å². The fraction of sp³-hybridized carbons (Fsp3) is 0.350. The smallest absolute Gasteiger partial charge is 0.243 e. The minimum atomic E-state index is -3.61. The molecular formula is C20H23ClN2O3S. The molecule has 2 aromatic rings. The number of carbonyl (C=O) groups is 1. The number of anilines is 1. The Labute approximate surface area is 165 Å². The summed E-state index contributed by atoms with van der Waals surface area (Å²) in [5.74, 6) is -0.208. The monoisotopic (exact) mass is 406 g/mol. The number of rotatable bonds is 5. The molecule has 144 valence electrons. The lowest BCUT2D eigenvalue weighted by Crippen LogP contribution is -2.45.